The molecular formula is C19H25O2. The molecule has 3 aliphatic rings. The Hall–Kier alpha value is -1.31. The Labute approximate surface area is 127 Å². The van der Waals surface area contributed by atoms with Gasteiger partial charge in [0, 0.05) is 12.5 Å². The second kappa shape index (κ2) is 6.21. The fourth-order valence-corrected chi connectivity index (χ4v) is 3.89. The molecule has 0 unspecified atom stereocenters. The van der Waals surface area contributed by atoms with Gasteiger partial charge in [-0.25, -0.2) is 4.79 Å². The van der Waals surface area contributed by atoms with Crippen LogP contribution in [0.3, 0.4) is 0 Å². The number of allylic oxidation sites excluding steroid dienone is 4. The van der Waals surface area contributed by atoms with Crippen LogP contribution >= 0.6 is 0 Å². The molecule has 5 atom stereocenters. The highest BCUT2D eigenvalue weighted by molar-refractivity contribution is 5.82. The first-order valence-electron chi connectivity index (χ1n) is 8.24. The molecular weight excluding hydrogens is 260 g/mol. The zero-order chi connectivity index (χ0) is 14.8. The van der Waals surface area contributed by atoms with E-state index < -0.39 is 0 Å². The maximum absolute atomic E-state index is 11.3. The third-order valence-corrected chi connectivity index (χ3v) is 5.11. The van der Waals surface area contributed by atoms with Gasteiger partial charge < -0.3 is 4.74 Å². The molecule has 1 heterocycles. The average Bonchev–Trinajstić information content (AvgIpc) is 2.46. The number of ether oxygens (including phenoxy) is 1. The predicted octanol–water partition coefficient (Wildman–Crippen LogP) is 4.25. The van der Waals surface area contributed by atoms with Crippen LogP contribution in [0.4, 0.5) is 0 Å². The molecule has 2 nitrogen and oxygen atoms in total. The molecule has 0 fully saturated rings. The van der Waals surface area contributed by atoms with Crippen molar-refractivity contribution in [1.29, 1.82) is 0 Å². The van der Waals surface area contributed by atoms with Crippen LogP contribution < -0.4 is 0 Å². The van der Waals surface area contributed by atoms with E-state index in [0.717, 1.165) is 19.3 Å². The highest BCUT2D eigenvalue weighted by atomic mass is 16.5. The lowest BCUT2D eigenvalue weighted by molar-refractivity contribution is -0.144. The summed E-state index contributed by atoms with van der Waals surface area (Å²) in [6, 6.07) is 0. The van der Waals surface area contributed by atoms with Crippen molar-refractivity contribution in [2.45, 2.75) is 45.6 Å². The standard InChI is InChI=1S/C19H25O2/c1-13-6-10-18-15(12-13)8-7-14(2)17(18)11-9-16-4-3-5-19(20)21-16/h3,5,7-8,10,12-14,16-18H,4,6,9,11H2,1-2H3/t13-,14+,16+,17+,18+/m1/s1. The smallest absolute Gasteiger partial charge is 0.330 e. The van der Waals surface area contributed by atoms with Gasteiger partial charge in [0.1, 0.15) is 6.10 Å². The lowest BCUT2D eigenvalue weighted by Crippen LogP contribution is -2.30. The third-order valence-electron chi connectivity index (χ3n) is 5.11. The molecule has 2 heteroatoms. The van der Waals surface area contributed by atoms with Crippen molar-refractivity contribution in [1.82, 2.24) is 0 Å². The van der Waals surface area contributed by atoms with Crippen molar-refractivity contribution in [3.8, 4) is 0 Å². The number of carbonyl (C=O) groups excluding carboxylic acids is 1. The summed E-state index contributed by atoms with van der Waals surface area (Å²) in [5, 5.41) is 0. The molecule has 0 saturated heterocycles. The Kier molecular flexibility index (Phi) is 4.32. The van der Waals surface area contributed by atoms with E-state index in [-0.39, 0.29) is 12.1 Å². The van der Waals surface area contributed by atoms with Crippen LogP contribution in [0.2, 0.25) is 0 Å². The Bertz CT molecular complexity index is 486. The summed E-state index contributed by atoms with van der Waals surface area (Å²) < 4.78 is 5.40. The maximum Gasteiger partial charge on any atom is 0.330 e. The molecule has 0 aromatic heterocycles. The summed E-state index contributed by atoms with van der Waals surface area (Å²) in [7, 11) is 0. The zero-order valence-corrected chi connectivity index (χ0v) is 13.0. The van der Waals surface area contributed by atoms with Crippen LogP contribution in [0.15, 0.2) is 36.0 Å². The SMILES string of the molecule is C[C@H]1C=C2C=C[C@H](C)[C@H](CC[C@@H]3CC=CC(=O)O3)[C@H]2[CH]C1. The van der Waals surface area contributed by atoms with E-state index in [4.69, 9.17) is 4.74 Å². The first kappa shape index (κ1) is 14.6. The lowest BCUT2D eigenvalue weighted by atomic mass is 9.66. The van der Waals surface area contributed by atoms with Crippen molar-refractivity contribution in [3.63, 3.8) is 0 Å². The van der Waals surface area contributed by atoms with Crippen LogP contribution in [0.5, 0.6) is 0 Å². The minimum absolute atomic E-state index is 0.0792. The first-order valence-corrected chi connectivity index (χ1v) is 8.24. The van der Waals surface area contributed by atoms with Gasteiger partial charge in [-0.05, 0) is 54.9 Å². The highest BCUT2D eigenvalue weighted by Gasteiger charge is 2.33. The van der Waals surface area contributed by atoms with Crippen molar-refractivity contribution in [2.24, 2.45) is 23.7 Å². The quantitative estimate of drug-likeness (QED) is 0.725. The monoisotopic (exact) mass is 285 g/mol. The second-order valence-electron chi connectivity index (χ2n) is 6.80. The zero-order valence-electron chi connectivity index (χ0n) is 13.0. The number of esters is 1. The molecule has 1 radical (unpaired) electrons. The van der Waals surface area contributed by atoms with Crippen molar-refractivity contribution in [2.75, 3.05) is 0 Å². The molecule has 0 amide bonds. The summed E-state index contributed by atoms with van der Waals surface area (Å²) in [6.07, 6.45) is 17.4. The van der Waals surface area contributed by atoms with Gasteiger partial charge >= 0.3 is 5.97 Å². The van der Waals surface area contributed by atoms with Crippen molar-refractivity contribution in [3.05, 3.63) is 42.4 Å². The van der Waals surface area contributed by atoms with Gasteiger partial charge in [0.25, 0.3) is 0 Å². The second-order valence-corrected chi connectivity index (χ2v) is 6.80. The van der Waals surface area contributed by atoms with E-state index in [1.165, 1.54) is 12.0 Å². The molecule has 1 aliphatic heterocycles. The van der Waals surface area contributed by atoms with Gasteiger partial charge in [0.15, 0.2) is 0 Å². The molecule has 113 valence electrons. The van der Waals surface area contributed by atoms with Gasteiger partial charge in [0.2, 0.25) is 0 Å². The topological polar surface area (TPSA) is 26.3 Å². The molecule has 2 aliphatic carbocycles. The minimum Gasteiger partial charge on any atom is -0.459 e. The van der Waals surface area contributed by atoms with Crippen LogP contribution in [0, 0.1) is 30.1 Å². The predicted molar refractivity (Wildman–Crippen MR) is 84.3 cm³/mol. The number of cyclic esters (lactones) is 1. The molecule has 0 N–H and O–H groups in total. The normalized spacial score (nSPS) is 38.7. The molecule has 3 rings (SSSR count). The van der Waals surface area contributed by atoms with Crippen LogP contribution in [0.25, 0.3) is 0 Å². The van der Waals surface area contributed by atoms with Crippen molar-refractivity contribution < 1.29 is 9.53 Å². The fourth-order valence-electron chi connectivity index (χ4n) is 3.89. The molecule has 0 spiro atoms. The number of carbonyl (C=O) groups is 1. The average molecular weight is 285 g/mol. The molecule has 0 aromatic rings. The van der Waals surface area contributed by atoms with Crippen LogP contribution in [-0.2, 0) is 9.53 Å². The fraction of sp³-hybridized carbons (Fsp3) is 0.579. The highest BCUT2D eigenvalue weighted by Crippen LogP contribution is 2.43. The first-order chi connectivity index (χ1) is 10.1. The third kappa shape index (κ3) is 3.30. The van der Waals surface area contributed by atoms with Crippen molar-refractivity contribution >= 4 is 5.97 Å². The number of hydrogen-bond donors (Lipinski definition) is 0. The van der Waals surface area contributed by atoms with E-state index in [1.54, 1.807) is 6.08 Å². The van der Waals surface area contributed by atoms with Gasteiger partial charge in [0.05, 0.1) is 0 Å². The Balaban J connectivity index is 1.64. The maximum atomic E-state index is 11.3. The van der Waals surface area contributed by atoms with E-state index in [1.807, 2.05) is 6.08 Å². The summed E-state index contributed by atoms with van der Waals surface area (Å²) in [6.45, 7) is 4.60. The van der Waals surface area contributed by atoms with Gasteiger partial charge in [-0.2, -0.15) is 0 Å². The van der Waals surface area contributed by atoms with E-state index in [2.05, 4.69) is 38.5 Å². The van der Waals surface area contributed by atoms with E-state index >= 15 is 0 Å². The number of hydrogen-bond acceptors (Lipinski definition) is 2. The Morgan fingerprint density at radius 2 is 2.05 bits per heavy atom. The summed E-state index contributed by atoms with van der Waals surface area (Å²) in [4.78, 5) is 11.3. The van der Waals surface area contributed by atoms with E-state index in [9.17, 15) is 4.79 Å². The Morgan fingerprint density at radius 1 is 1.19 bits per heavy atom. The largest absolute Gasteiger partial charge is 0.459 e. The summed E-state index contributed by atoms with van der Waals surface area (Å²) in [5.74, 6) is 2.34. The minimum atomic E-state index is -0.179. The summed E-state index contributed by atoms with van der Waals surface area (Å²) in [5.41, 5.74) is 1.50. The number of fused-ring (bicyclic) bond motifs is 1. The van der Waals surface area contributed by atoms with Gasteiger partial charge in [-0.3, -0.25) is 0 Å². The van der Waals surface area contributed by atoms with Crippen LogP contribution in [-0.4, -0.2) is 12.1 Å². The molecule has 21 heavy (non-hydrogen) atoms. The van der Waals surface area contributed by atoms with E-state index in [0.29, 0.717) is 23.7 Å². The van der Waals surface area contributed by atoms with Gasteiger partial charge in [-0.15, -0.1) is 0 Å². The molecule has 0 saturated carbocycles. The summed E-state index contributed by atoms with van der Waals surface area (Å²) >= 11 is 0. The molecule has 0 bridgehead atoms. The van der Waals surface area contributed by atoms with Gasteiger partial charge in [-0.1, -0.05) is 38.2 Å². The number of rotatable bonds is 3. The molecule has 0 aromatic carbocycles. The van der Waals surface area contributed by atoms with Crippen LogP contribution in [0.1, 0.15) is 39.5 Å². The Morgan fingerprint density at radius 3 is 2.86 bits per heavy atom. The lowest BCUT2D eigenvalue weighted by Gasteiger charge is -2.39.